The van der Waals surface area contributed by atoms with E-state index < -0.39 is 10.0 Å². The molecule has 23 heavy (non-hydrogen) atoms. The normalized spacial score (nSPS) is 18.8. The van der Waals surface area contributed by atoms with Crippen molar-refractivity contribution in [3.8, 4) is 0 Å². The van der Waals surface area contributed by atoms with Crippen molar-refractivity contribution in [2.24, 2.45) is 11.8 Å². The molecule has 6 nitrogen and oxygen atoms in total. The number of anilines is 1. The summed E-state index contributed by atoms with van der Waals surface area (Å²) in [6.07, 6.45) is 0.698. The largest absolute Gasteiger partial charge is 0.316 e. The molecule has 0 radical (unpaired) electrons. The molecule has 0 bridgehead atoms. The number of amides is 1. The van der Waals surface area contributed by atoms with Crippen molar-refractivity contribution in [3.05, 3.63) is 23.8 Å². The third-order valence-electron chi connectivity index (χ3n) is 4.70. The zero-order valence-electron chi connectivity index (χ0n) is 13.2. The monoisotopic (exact) mass is 359 g/mol. The molecule has 2 N–H and O–H groups in total. The van der Waals surface area contributed by atoms with E-state index in [0.717, 1.165) is 24.3 Å². The van der Waals surface area contributed by atoms with Crippen LogP contribution >= 0.6 is 12.4 Å². The van der Waals surface area contributed by atoms with Gasteiger partial charge in [0.25, 0.3) is 0 Å². The fourth-order valence-electron chi connectivity index (χ4n) is 3.00. The summed E-state index contributed by atoms with van der Waals surface area (Å²) in [5.41, 5.74) is 1.77. The van der Waals surface area contributed by atoms with Crippen molar-refractivity contribution in [1.29, 1.82) is 0 Å². The van der Waals surface area contributed by atoms with E-state index in [9.17, 15) is 13.2 Å². The fraction of sp³-hybridized carbons (Fsp3) is 0.533. The molecule has 2 aliphatic rings. The lowest BCUT2D eigenvalue weighted by molar-refractivity contribution is -0.123. The number of nitrogens with zero attached hydrogens (tertiary/aromatic N) is 1. The minimum Gasteiger partial charge on any atom is -0.316 e. The topological polar surface area (TPSA) is 78.5 Å². The van der Waals surface area contributed by atoms with Crippen LogP contribution in [0.5, 0.6) is 0 Å². The van der Waals surface area contributed by atoms with Crippen LogP contribution in [0.1, 0.15) is 12.5 Å². The number of nitrogens with one attached hydrogen (secondary N) is 2. The predicted molar refractivity (Wildman–Crippen MR) is 91.5 cm³/mol. The van der Waals surface area contributed by atoms with Crippen LogP contribution in [-0.4, -0.2) is 41.0 Å². The zero-order chi connectivity index (χ0) is 15.9. The molecule has 1 fully saturated rings. The van der Waals surface area contributed by atoms with Gasteiger partial charge in [0.1, 0.15) is 0 Å². The molecule has 1 saturated heterocycles. The minimum atomic E-state index is -3.44. The molecule has 1 aromatic rings. The number of fused-ring (bicyclic) bond motifs is 1. The molecule has 3 rings (SSSR count). The molecule has 0 spiro atoms. The second-order valence-electron chi connectivity index (χ2n) is 5.94. The van der Waals surface area contributed by atoms with Crippen molar-refractivity contribution in [1.82, 2.24) is 10.0 Å². The van der Waals surface area contributed by atoms with Gasteiger partial charge in [-0.05, 0) is 56.2 Å². The smallest absolute Gasteiger partial charge is 0.240 e. The molecule has 1 aromatic carbocycles. The molecule has 2 heterocycles. The lowest BCUT2D eigenvalue weighted by atomic mass is 9.88. The van der Waals surface area contributed by atoms with Crippen LogP contribution in [0.4, 0.5) is 5.69 Å². The Labute approximate surface area is 143 Å². The van der Waals surface area contributed by atoms with E-state index in [-0.39, 0.29) is 29.1 Å². The summed E-state index contributed by atoms with van der Waals surface area (Å²) in [4.78, 5) is 14.7. The highest BCUT2D eigenvalue weighted by atomic mass is 35.5. The van der Waals surface area contributed by atoms with Gasteiger partial charge in [-0.1, -0.05) is 6.92 Å². The van der Waals surface area contributed by atoms with E-state index in [2.05, 4.69) is 10.0 Å². The summed E-state index contributed by atoms with van der Waals surface area (Å²) in [7, 11) is -2.05. The first kappa shape index (κ1) is 18.2. The van der Waals surface area contributed by atoms with Gasteiger partial charge in [0, 0.05) is 18.2 Å². The van der Waals surface area contributed by atoms with Crippen molar-refractivity contribution < 1.29 is 13.2 Å². The first-order chi connectivity index (χ1) is 10.4. The van der Waals surface area contributed by atoms with E-state index in [1.165, 1.54) is 7.05 Å². The Balaban J connectivity index is 0.00000192. The molecule has 1 amide bonds. The Morgan fingerprint density at radius 1 is 1.39 bits per heavy atom. The maximum atomic E-state index is 12.6. The molecule has 1 atom stereocenters. The summed E-state index contributed by atoms with van der Waals surface area (Å²) in [5, 5.41) is 3.19. The number of sulfonamides is 1. The molecular formula is C15H22ClN3O3S. The Bertz CT molecular complexity index is 704. The first-order valence-corrected chi connectivity index (χ1v) is 9.01. The van der Waals surface area contributed by atoms with Gasteiger partial charge in [0.05, 0.1) is 4.90 Å². The summed E-state index contributed by atoms with van der Waals surface area (Å²) >= 11 is 0. The van der Waals surface area contributed by atoms with E-state index in [1.54, 1.807) is 23.1 Å². The van der Waals surface area contributed by atoms with Gasteiger partial charge < -0.3 is 10.2 Å². The van der Waals surface area contributed by atoms with Gasteiger partial charge in [-0.15, -0.1) is 12.4 Å². The van der Waals surface area contributed by atoms with Gasteiger partial charge in [-0.25, -0.2) is 13.1 Å². The zero-order valence-corrected chi connectivity index (χ0v) is 14.8. The Morgan fingerprint density at radius 3 is 2.65 bits per heavy atom. The average molecular weight is 360 g/mol. The second-order valence-corrected chi connectivity index (χ2v) is 7.83. The molecular weight excluding hydrogens is 338 g/mol. The van der Waals surface area contributed by atoms with Crippen molar-refractivity contribution in [2.75, 3.05) is 31.6 Å². The number of carbonyl (C=O) groups is 1. The van der Waals surface area contributed by atoms with Crippen molar-refractivity contribution in [3.63, 3.8) is 0 Å². The van der Waals surface area contributed by atoms with Crippen LogP contribution < -0.4 is 14.9 Å². The lowest BCUT2D eigenvalue weighted by Gasteiger charge is -2.34. The third kappa shape index (κ3) is 3.24. The quantitative estimate of drug-likeness (QED) is 0.832. The number of rotatable bonds is 4. The van der Waals surface area contributed by atoms with Crippen molar-refractivity contribution in [2.45, 2.75) is 18.2 Å². The number of hydrogen-bond donors (Lipinski definition) is 2. The molecule has 0 saturated carbocycles. The standard InChI is InChI=1S/C15H21N3O3S.ClH/c1-10(12-8-17-9-12)15(19)18-6-5-11-7-13(3-4-14(11)18)22(20,21)16-2;/h3-4,7,10,12,16-17H,5-6,8-9H2,1-2H3;1H. The Morgan fingerprint density at radius 2 is 2.09 bits per heavy atom. The van der Waals surface area contributed by atoms with E-state index in [1.807, 2.05) is 6.92 Å². The van der Waals surface area contributed by atoms with Gasteiger partial charge >= 0.3 is 0 Å². The van der Waals surface area contributed by atoms with E-state index >= 15 is 0 Å². The van der Waals surface area contributed by atoms with Gasteiger partial charge in [0.15, 0.2) is 0 Å². The number of carbonyl (C=O) groups excluding carboxylic acids is 1. The predicted octanol–water partition coefficient (Wildman–Crippen LogP) is 0.761. The molecule has 1 unspecified atom stereocenters. The Hall–Kier alpha value is -1.15. The third-order valence-corrected chi connectivity index (χ3v) is 6.11. The van der Waals surface area contributed by atoms with Gasteiger partial charge in [-0.2, -0.15) is 0 Å². The second kappa shape index (κ2) is 6.76. The van der Waals surface area contributed by atoms with Crippen LogP contribution in [0.25, 0.3) is 0 Å². The van der Waals surface area contributed by atoms with Gasteiger partial charge in [-0.3, -0.25) is 4.79 Å². The van der Waals surface area contributed by atoms with E-state index in [4.69, 9.17) is 0 Å². The van der Waals surface area contributed by atoms with Crippen LogP contribution in [-0.2, 0) is 21.2 Å². The van der Waals surface area contributed by atoms with E-state index in [0.29, 0.717) is 18.9 Å². The van der Waals surface area contributed by atoms with Crippen LogP contribution in [0.15, 0.2) is 23.1 Å². The number of halogens is 1. The van der Waals surface area contributed by atoms with Crippen molar-refractivity contribution >= 4 is 34.0 Å². The SMILES string of the molecule is CNS(=O)(=O)c1ccc2c(c1)CCN2C(=O)C(C)C1CNC1.Cl. The summed E-state index contributed by atoms with van der Waals surface area (Å²) in [6.45, 7) is 4.40. The highest BCUT2D eigenvalue weighted by molar-refractivity contribution is 7.89. The molecule has 128 valence electrons. The Kier molecular flexibility index (Phi) is 5.35. The highest BCUT2D eigenvalue weighted by Crippen LogP contribution is 2.32. The summed E-state index contributed by atoms with van der Waals surface area (Å²) in [5.74, 6) is 0.530. The molecule has 0 aliphatic carbocycles. The highest BCUT2D eigenvalue weighted by Gasteiger charge is 2.34. The van der Waals surface area contributed by atoms with Crippen LogP contribution in [0.3, 0.4) is 0 Å². The summed E-state index contributed by atoms with van der Waals surface area (Å²) in [6, 6.07) is 4.98. The molecule has 0 aromatic heterocycles. The lowest BCUT2D eigenvalue weighted by Crippen LogP contribution is -2.50. The fourth-order valence-corrected chi connectivity index (χ4v) is 3.78. The van der Waals surface area contributed by atoms with Crippen LogP contribution in [0, 0.1) is 11.8 Å². The molecule has 8 heteroatoms. The number of benzene rings is 1. The molecule has 2 aliphatic heterocycles. The minimum absolute atomic E-state index is 0. The van der Waals surface area contributed by atoms with Gasteiger partial charge in [0.2, 0.25) is 15.9 Å². The number of hydrogen-bond acceptors (Lipinski definition) is 4. The average Bonchev–Trinajstić information content (AvgIpc) is 2.87. The maximum absolute atomic E-state index is 12.6. The summed E-state index contributed by atoms with van der Waals surface area (Å²) < 4.78 is 26.0. The van der Waals surface area contributed by atoms with Crippen LogP contribution in [0.2, 0.25) is 0 Å². The maximum Gasteiger partial charge on any atom is 0.240 e. The first-order valence-electron chi connectivity index (χ1n) is 7.52.